The highest BCUT2D eigenvalue weighted by molar-refractivity contribution is 7.80. The maximum atomic E-state index is 13.2. The van der Waals surface area contributed by atoms with E-state index in [1.54, 1.807) is 0 Å². The van der Waals surface area contributed by atoms with Crippen LogP contribution in [0.1, 0.15) is 40.5 Å². The van der Waals surface area contributed by atoms with Crippen molar-refractivity contribution in [3.8, 4) is 0 Å². The number of allylic oxidation sites excluding steroid dienone is 2. The number of rotatable bonds is 3. The monoisotopic (exact) mass is 409 g/mol. The zero-order valence-electron chi connectivity index (χ0n) is 17.8. The van der Waals surface area contributed by atoms with Crippen molar-refractivity contribution in [2.75, 3.05) is 21.2 Å². The van der Waals surface area contributed by atoms with Gasteiger partial charge in [-0.1, -0.05) is 39.0 Å². The van der Waals surface area contributed by atoms with E-state index in [0.29, 0.717) is 16.2 Å². The molecule has 0 aromatic heterocycles. The molecule has 7 heteroatoms. The summed E-state index contributed by atoms with van der Waals surface area (Å²) in [6, 6.07) is 10.5. The number of carbonyl (C=O) groups is 1. The second kappa shape index (κ2) is 7.37. The molecule has 0 aliphatic heterocycles. The second-order valence-corrected chi connectivity index (χ2v) is 9.99. The van der Waals surface area contributed by atoms with Gasteiger partial charge in [-0.3, -0.25) is 13.5 Å². The molecule has 0 saturated heterocycles. The van der Waals surface area contributed by atoms with Gasteiger partial charge in [0, 0.05) is 12.3 Å². The number of Topliss-reactive ketones (excluding diaryl/α,β-unsaturated/α-hetero) is 1. The lowest BCUT2D eigenvalue weighted by molar-refractivity contribution is -0.125. The van der Waals surface area contributed by atoms with Crippen LogP contribution < -0.4 is 4.48 Å². The van der Waals surface area contributed by atoms with Crippen LogP contribution >= 0.6 is 0 Å². The fourth-order valence-electron chi connectivity index (χ4n) is 4.58. The molecule has 1 aromatic carbocycles. The van der Waals surface area contributed by atoms with Crippen LogP contribution in [0.2, 0.25) is 0 Å². The molecule has 0 spiro atoms. The summed E-state index contributed by atoms with van der Waals surface area (Å²) in [6.45, 7) is 8.90. The van der Waals surface area contributed by atoms with Crippen molar-refractivity contribution in [1.29, 1.82) is 0 Å². The maximum Gasteiger partial charge on any atom is 0.217 e. The van der Waals surface area contributed by atoms with Gasteiger partial charge >= 0.3 is 0 Å². The summed E-state index contributed by atoms with van der Waals surface area (Å²) in [5, 5.41) is 0. The van der Waals surface area contributed by atoms with E-state index in [1.807, 2.05) is 6.07 Å². The van der Waals surface area contributed by atoms with Gasteiger partial charge in [0.2, 0.25) is 10.4 Å². The normalized spacial score (nSPS) is 28.0. The molecule has 2 fully saturated rings. The number of para-hydroxylation sites is 1. The lowest BCUT2D eigenvalue weighted by atomic mass is 9.70. The summed E-state index contributed by atoms with van der Waals surface area (Å²) in [4.78, 5) is 13.2. The number of hydrogen-bond donors (Lipinski definition) is 0. The number of quaternary nitrogens is 1. The predicted molar refractivity (Wildman–Crippen MR) is 109 cm³/mol. The number of nitrogens with zero attached hydrogens (tertiary/aromatic N) is 1. The summed E-state index contributed by atoms with van der Waals surface area (Å²) < 4.78 is 31.7. The first-order valence-corrected chi connectivity index (χ1v) is 10.7. The van der Waals surface area contributed by atoms with E-state index >= 15 is 0 Å². The lowest BCUT2D eigenvalue weighted by Crippen LogP contribution is -2.41. The lowest BCUT2D eigenvalue weighted by Gasteiger charge is -2.32. The van der Waals surface area contributed by atoms with Crippen molar-refractivity contribution in [3.63, 3.8) is 0 Å². The van der Waals surface area contributed by atoms with Crippen molar-refractivity contribution in [2.24, 2.45) is 16.7 Å². The molecule has 0 radical (unpaired) electrons. The zero-order valence-corrected chi connectivity index (χ0v) is 18.6. The molecule has 3 rings (SSSR count). The summed E-state index contributed by atoms with van der Waals surface area (Å²) in [5.41, 5.74) is 3.44. The molecule has 2 bridgehead atoms. The Morgan fingerprint density at radius 3 is 2.07 bits per heavy atom. The van der Waals surface area contributed by atoms with Gasteiger partial charge in [-0.2, -0.15) is 0 Å². The average molecular weight is 410 g/mol. The third-order valence-electron chi connectivity index (χ3n) is 7.15. The summed E-state index contributed by atoms with van der Waals surface area (Å²) in [6.07, 6.45) is 2.19. The molecule has 28 heavy (non-hydrogen) atoms. The van der Waals surface area contributed by atoms with Gasteiger partial charge in [-0.15, -0.1) is 0 Å². The number of ketones is 1. The highest BCUT2D eigenvalue weighted by Gasteiger charge is 2.65. The standard InChI is InChI=1S/C20H28NO.CH4O4S/c1-14(21(5,6)15-10-8-7-9-11-15)17-16-12-13-20(4,18(17)22)19(16,2)3;1-5-6(2,3)4/h7-11,16H,12-13H2,1-6H3;1H3,(H,2,3,4)/q+1;/p-1. The molecule has 2 aliphatic carbocycles. The highest BCUT2D eigenvalue weighted by atomic mass is 32.3. The first-order valence-electron chi connectivity index (χ1n) is 9.37. The van der Waals surface area contributed by atoms with E-state index in [0.717, 1.165) is 25.5 Å². The summed E-state index contributed by atoms with van der Waals surface area (Å²) >= 11 is 0. The Kier molecular flexibility index (Phi) is 5.99. The molecule has 0 N–H and O–H groups in total. The van der Waals surface area contributed by atoms with Gasteiger partial charge in [-0.05, 0) is 36.3 Å². The molecule has 2 saturated carbocycles. The largest absolute Gasteiger partial charge is 0.726 e. The molecule has 0 heterocycles. The minimum atomic E-state index is -4.41. The molecular weight excluding hydrogens is 378 g/mol. The highest BCUT2D eigenvalue weighted by Crippen LogP contribution is 2.66. The minimum absolute atomic E-state index is 0.0807. The zero-order chi connectivity index (χ0) is 21.5. The van der Waals surface area contributed by atoms with E-state index < -0.39 is 10.4 Å². The van der Waals surface area contributed by atoms with Crippen molar-refractivity contribution < 1.29 is 21.9 Å². The average Bonchev–Trinajstić information content (AvgIpc) is 2.94. The van der Waals surface area contributed by atoms with Gasteiger partial charge < -0.3 is 4.55 Å². The van der Waals surface area contributed by atoms with Crippen molar-refractivity contribution in [2.45, 2.75) is 40.5 Å². The van der Waals surface area contributed by atoms with Crippen molar-refractivity contribution >= 4 is 21.9 Å². The van der Waals surface area contributed by atoms with E-state index in [1.165, 1.54) is 11.4 Å². The summed E-state index contributed by atoms with van der Waals surface area (Å²) in [7, 11) is 0.769. The van der Waals surface area contributed by atoms with Crippen molar-refractivity contribution in [3.05, 3.63) is 41.6 Å². The Labute approximate surface area is 168 Å². The Morgan fingerprint density at radius 1 is 1.18 bits per heavy atom. The molecular formula is C21H31NO5S. The third kappa shape index (κ3) is 3.68. The number of carbonyl (C=O) groups excluding carboxylic acids is 1. The van der Waals surface area contributed by atoms with E-state index in [9.17, 15) is 17.8 Å². The number of fused-ring (bicyclic) bond motifs is 2. The molecule has 2 aliphatic rings. The topological polar surface area (TPSA) is 83.5 Å². The number of benzene rings is 1. The first-order chi connectivity index (χ1) is 12.7. The van der Waals surface area contributed by atoms with Crippen LogP contribution in [0.4, 0.5) is 5.69 Å². The van der Waals surface area contributed by atoms with Gasteiger partial charge in [0.1, 0.15) is 11.4 Å². The van der Waals surface area contributed by atoms with Crippen LogP contribution in [0.25, 0.3) is 0 Å². The second-order valence-electron chi connectivity index (χ2n) is 8.84. The smallest absolute Gasteiger partial charge is 0.217 e. The van der Waals surface area contributed by atoms with Crippen LogP contribution in [0.5, 0.6) is 0 Å². The van der Waals surface area contributed by atoms with E-state index in [4.69, 9.17) is 0 Å². The molecule has 156 valence electrons. The Balaban J connectivity index is 0.000000409. The Morgan fingerprint density at radius 2 is 1.68 bits per heavy atom. The molecule has 6 nitrogen and oxygen atoms in total. The molecule has 0 amide bonds. The van der Waals surface area contributed by atoms with Crippen LogP contribution in [0.3, 0.4) is 0 Å². The Hall–Kier alpha value is -1.54. The van der Waals surface area contributed by atoms with E-state index in [2.05, 4.69) is 70.2 Å². The first kappa shape index (κ1) is 22.7. The van der Waals surface area contributed by atoms with Gasteiger partial charge in [0.25, 0.3) is 0 Å². The van der Waals surface area contributed by atoms with E-state index in [-0.39, 0.29) is 10.8 Å². The minimum Gasteiger partial charge on any atom is -0.726 e. The molecule has 2 atom stereocenters. The van der Waals surface area contributed by atoms with Crippen LogP contribution in [0, 0.1) is 16.7 Å². The van der Waals surface area contributed by atoms with Gasteiger partial charge in [-0.25, -0.2) is 8.42 Å². The summed E-state index contributed by atoms with van der Waals surface area (Å²) in [5.74, 6) is 0.805. The Bertz CT molecular complexity index is 887. The van der Waals surface area contributed by atoms with Crippen LogP contribution in [0.15, 0.2) is 41.6 Å². The van der Waals surface area contributed by atoms with Gasteiger partial charge in [0.05, 0.1) is 26.8 Å². The fraction of sp³-hybridized carbons (Fsp3) is 0.571. The quantitative estimate of drug-likeness (QED) is 0.329. The fourth-order valence-corrected chi connectivity index (χ4v) is 4.58. The number of hydrogen-bond acceptors (Lipinski definition) is 5. The predicted octanol–water partition coefficient (Wildman–Crippen LogP) is 3.65. The van der Waals surface area contributed by atoms with Crippen LogP contribution in [-0.4, -0.2) is 40.0 Å². The van der Waals surface area contributed by atoms with Gasteiger partial charge in [0.15, 0.2) is 5.78 Å². The molecule has 2 unspecified atom stereocenters. The maximum absolute atomic E-state index is 13.2. The van der Waals surface area contributed by atoms with Crippen LogP contribution in [-0.2, 0) is 19.4 Å². The van der Waals surface area contributed by atoms with Crippen molar-refractivity contribution in [1.82, 2.24) is 4.48 Å². The SMILES string of the molecule is CC(=C1C(=O)C2(C)CCC1C2(C)C)[N+](C)(C)c1ccccc1.COS(=O)(=O)[O-]. The third-order valence-corrected chi connectivity index (χ3v) is 7.56. The molecule has 1 aromatic rings.